The van der Waals surface area contributed by atoms with E-state index in [1.54, 1.807) is 12.4 Å². The molecular formula is C15H17ClN2O. The van der Waals surface area contributed by atoms with Crippen LogP contribution >= 0.6 is 11.6 Å². The van der Waals surface area contributed by atoms with Crippen LogP contribution < -0.4 is 10.1 Å². The lowest BCUT2D eigenvalue weighted by atomic mass is 10.2. The van der Waals surface area contributed by atoms with E-state index in [1.807, 2.05) is 44.2 Å². The first-order valence-corrected chi connectivity index (χ1v) is 6.62. The van der Waals surface area contributed by atoms with Crippen LogP contribution in [0.2, 0.25) is 5.02 Å². The molecule has 0 aliphatic carbocycles. The molecule has 19 heavy (non-hydrogen) atoms. The number of hydrogen-bond acceptors (Lipinski definition) is 3. The van der Waals surface area contributed by atoms with Crippen molar-refractivity contribution in [1.82, 2.24) is 4.98 Å². The summed E-state index contributed by atoms with van der Waals surface area (Å²) in [7, 11) is 0. The SMILES string of the molecule is CC(C)Oc1ccc(NCc2ccncc2)cc1Cl. The molecule has 0 saturated carbocycles. The van der Waals surface area contributed by atoms with E-state index in [9.17, 15) is 0 Å². The number of aromatic nitrogens is 1. The molecule has 100 valence electrons. The molecule has 0 unspecified atom stereocenters. The van der Waals surface area contributed by atoms with Crippen molar-refractivity contribution >= 4 is 17.3 Å². The van der Waals surface area contributed by atoms with E-state index in [-0.39, 0.29) is 6.10 Å². The maximum Gasteiger partial charge on any atom is 0.138 e. The maximum absolute atomic E-state index is 6.18. The second kappa shape index (κ2) is 6.43. The van der Waals surface area contributed by atoms with Crippen LogP contribution in [0.3, 0.4) is 0 Å². The van der Waals surface area contributed by atoms with Gasteiger partial charge in [0.2, 0.25) is 0 Å². The molecular weight excluding hydrogens is 260 g/mol. The Morgan fingerprint density at radius 1 is 1.21 bits per heavy atom. The lowest BCUT2D eigenvalue weighted by Crippen LogP contribution is -2.06. The van der Waals surface area contributed by atoms with Crippen molar-refractivity contribution in [3.63, 3.8) is 0 Å². The molecule has 0 saturated heterocycles. The van der Waals surface area contributed by atoms with Crippen molar-refractivity contribution in [3.05, 3.63) is 53.3 Å². The largest absolute Gasteiger partial charge is 0.489 e. The Bertz CT molecular complexity index is 529. The summed E-state index contributed by atoms with van der Waals surface area (Å²) in [6, 6.07) is 9.68. The second-order valence-electron chi connectivity index (χ2n) is 4.52. The Kier molecular flexibility index (Phi) is 4.63. The highest BCUT2D eigenvalue weighted by Crippen LogP contribution is 2.28. The van der Waals surface area contributed by atoms with Crippen molar-refractivity contribution in [2.45, 2.75) is 26.5 Å². The van der Waals surface area contributed by atoms with E-state index in [4.69, 9.17) is 16.3 Å². The zero-order chi connectivity index (χ0) is 13.7. The molecule has 0 fully saturated rings. The van der Waals surface area contributed by atoms with Crippen molar-refractivity contribution in [3.8, 4) is 5.75 Å². The number of ether oxygens (including phenoxy) is 1. The monoisotopic (exact) mass is 276 g/mol. The van der Waals surface area contributed by atoms with Gasteiger partial charge in [-0.2, -0.15) is 0 Å². The molecule has 1 aromatic heterocycles. The highest BCUT2D eigenvalue weighted by atomic mass is 35.5. The van der Waals surface area contributed by atoms with Crippen molar-refractivity contribution in [2.75, 3.05) is 5.32 Å². The van der Waals surface area contributed by atoms with Gasteiger partial charge in [0, 0.05) is 24.6 Å². The Balaban J connectivity index is 2.00. The van der Waals surface area contributed by atoms with Gasteiger partial charge in [-0.25, -0.2) is 0 Å². The highest BCUT2D eigenvalue weighted by Gasteiger charge is 2.04. The molecule has 0 radical (unpaired) electrons. The average molecular weight is 277 g/mol. The zero-order valence-corrected chi connectivity index (χ0v) is 11.8. The molecule has 4 heteroatoms. The first-order valence-electron chi connectivity index (χ1n) is 6.24. The number of pyridine rings is 1. The molecule has 0 bridgehead atoms. The van der Waals surface area contributed by atoms with Crippen LogP contribution in [0.4, 0.5) is 5.69 Å². The minimum atomic E-state index is 0.119. The van der Waals surface area contributed by atoms with Crippen LogP contribution in [0.15, 0.2) is 42.7 Å². The van der Waals surface area contributed by atoms with Crippen molar-refractivity contribution in [2.24, 2.45) is 0 Å². The lowest BCUT2D eigenvalue weighted by molar-refractivity contribution is 0.242. The molecule has 0 aliphatic heterocycles. The average Bonchev–Trinajstić information content (AvgIpc) is 2.40. The number of nitrogens with zero attached hydrogens (tertiary/aromatic N) is 1. The van der Waals surface area contributed by atoms with Crippen LogP contribution in [0, 0.1) is 0 Å². The first kappa shape index (κ1) is 13.7. The third-order valence-electron chi connectivity index (χ3n) is 2.54. The van der Waals surface area contributed by atoms with Gasteiger partial charge in [-0.1, -0.05) is 11.6 Å². The summed E-state index contributed by atoms with van der Waals surface area (Å²) in [4.78, 5) is 3.99. The number of halogens is 1. The van der Waals surface area contributed by atoms with E-state index in [2.05, 4.69) is 10.3 Å². The maximum atomic E-state index is 6.18. The summed E-state index contributed by atoms with van der Waals surface area (Å²) < 4.78 is 5.59. The Labute approximate surface area is 118 Å². The van der Waals surface area contributed by atoms with Crippen LogP contribution in [0.25, 0.3) is 0 Å². The van der Waals surface area contributed by atoms with E-state index in [0.29, 0.717) is 10.8 Å². The molecule has 2 aromatic rings. The van der Waals surface area contributed by atoms with Gasteiger partial charge in [0.1, 0.15) is 5.75 Å². The molecule has 1 aromatic carbocycles. The van der Waals surface area contributed by atoms with Gasteiger partial charge in [0.25, 0.3) is 0 Å². The summed E-state index contributed by atoms with van der Waals surface area (Å²) in [5.74, 6) is 0.714. The molecule has 0 spiro atoms. The third-order valence-corrected chi connectivity index (χ3v) is 2.84. The lowest BCUT2D eigenvalue weighted by Gasteiger charge is -2.13. The van der Waals surface area contributed by atoms with Gasteiger partial charge in [-0.15, -0.1) is 0 Å². The van der Waals surface area contributed by atoms with Crippen LogP contribution in [-0.4, -0.2) is 11.1 Å². The number of hydrogen-bond donors (Lipinski definition) is 1. The summed E-state index contributed by atoms with van der Waals surface area (Å²) in [6.45, 7) is 4.70. The normalized spacial score (nSPS) is 10.5. The van der Waals surface area contributed by atoms with Gasteiger partial charge in [0.15, 0.2) is 0 Å². The molecule has 0 amide bonds. The smallest absolute Gasteiger partial charge is 0.138 e. The van der Waals surface area contributed by atoms with Gasteiger partial charge < -0.3 is 10.1 Å². The zero-order valence-electron chi connectivity index (χ0n) is 11.1. The molecule has 0 atom stereocenters. The Morgan fingerprint density at radius 3 is 2.58 bits per heavy atom. The minimum Gasteiger partial charge on any atom is -0.489 e. The van der Waals surface area contributed by atoms with Crippen LogP contribution in [0.5, 0.6) is 5.75 Å². The Morgan fingerprint density at radius 2 is 1.95 bits per heavy atom. The minimum absolute atomic E-state index is 0.119. The van der Waals surface area contributed by atoms with Gasteiger partial charge in [0.05, 0.1) is 11.1 Å². The predicted molar refractivity (Wildman–Crippen MR) is 78.8 cm³/mol. The number of benzene rings is 1. The van der Waals surface area contributed by atoms with Crippen LogP contribution in [0.1, 0.15) is 19.4 Å². The quantitative estimate of drug-likeness (QED) is 0.891. The first-order chi connectivity index (χ1) is 9.15. The summed E-state index contributed by atoms with van der Waals surface area (Å²) in [5, 5.41) is 3.93. The van der Waals surface area contributed by atoms with E-state index in [0.717, 1.165) is 12.2 Å². The van der Waals surface area contributed by atoms with Gasteiger partial charge >= 0.3 is 0 Å². The topological polar surface area (TPSA) is 34.1 Å². The number of nitrogens with one attached hydrogen (secondary N) is 1. The summed E-state index contributed by atoms with van der Waals surface area (Å²) in [5.41, 5.74) is 2.14. The van der Waals surface area contributed by atoms with Gasteiger partial charge in [-0.05, 0) is 49.7 Å². The van der Waals surface area contributed by atoms with Crippen molar-refractivity contribution < 1.29 is 4.74 Å². The second-order valence-corrected chi connectivity index (χ2v) is 4.93. The summed E-state index contributed by atoms with van der Waals surface area (Å²) >= 11 is 6.18. The molecule has 1 N–H and O–H groups in total. The van der Waals surface area contributed by atoms with E-state index >= 15 is 0 Å². The highest BCUT2D eigenvalue weighted by molar-refractivity contribution is 6.32. The predicted octanol–water partition coefficient (Wildman–Crippen LogP) is 4.13. The molecule has 2 rings (SSSR count). The summed E-state index contributed by atoms with van der Waals surface area (Å²) in [6.07, 6.45) is 3.68. The van der Waals surface area contributed by atoms with Gasteiger partial charge in [-0.3, -0.25) is 4.98 Å². The van der Waals surface area contributed by atoms with Crippen molar-refractivity contribution in [1.29, 1.82) is 0 Å². The van der Waals surface area contributed by atoms with E-state index < -0.39 is 0 Å². The molecule has 3 nitrogen and oxygen atoms in total. The van der Waals surface area contributed by atoms with E-state index in [1.165, 1.54) is 5.56 Å². The molecule has 1 heterocycles. The molecule has 0 aliphatic rings. The fourth-order valence-electron chi connectivity index (χ4n) is 1.67. The standard InChI is InChI=1S/C15H17ClN2O/c1-11(2)19-15-4-3-13(9-14(15)16)18-10-12-5-7-17-8-6-12/h3-9,11,18H,10H2,1-2H3. The fraction of sp³-hybridized carbons (Fsp3) is 0.267. The Hall–Kier alpha value is -1.74. The fourth-order valence-corrected chi connectivity index (χ4v) is 1.89. The van der Waals surface area contributed by atoms with Crippen LogP contribution in [-0.2, 0) is 6.54 Å². The third kappa shape index (κ3) is 4.14. The number of anilines is 1. The number of rotatable bonds is 5.